The number of H-pyrrole nitrogens is 2. The fourth-order valence-corrected chi connectivity index (χ4v) is 2.40. The van der Waals surface area contributed by atoms with Gasteiger partial charge in [0.1, 0.15) is 0 Å². The summed E-state index contributed by atoms with van der Waals surface area (Å²) in [6.45, 7) is 2.27. The van der Waals surface area contributed by atoms with Crippen LogP contribution in [0.2, 0.25) is 0 Å². The molecule has 0 fully saturated rings. The fraction of sp³-hybridized carbons (Fsp3) is 0.143. The summed E-state index contributed by atoms with van der Waals surface area (Å²) >= 11 is 0. The predicted octanol–water partition coefficient (Wildman–Crippen LogP) is 1.69. The molecule has 0 unspecified atom stereocenters. The van der Waals surface area contributed by atoms with E-state index in [0.29, 0.717) is 0 Å². The lowest BCUT2D eigenvalue weighted by molar-refractivity contribution is 0.944. The summed E-state index contributed by atoms with van der Waals surface area (Å²) in [6, 6.07) is 9.50. The minimum absolute atomic E-state index is 0.235. The molecular formula is C14H14N4O. The summed E-state index contributed by atoms with van der Waals surface area (Å²) in [4.78, 5) is 14.7. The van der Waals surface area contributed by atoms with Crippen LogP contribution in [0.1, 0.15) is 11.3 Å². The van der Waals surface area contributed by atoms with Gasteiger partial charge in [0, 0.05) is 34.8 Å². The lowest BCUT2D eigenvalue weighted by atomic mass is 10.0. The molecule has 1 aromatic carbocycles. The highest BCUT2D eigenvalue weighted by Crippen LogP contribution is 2.31. The van der Waals surface area contributed by atoms with Gasteiger partial charge in [-0.1, -0.05) is 18.2 Å². The van der Waals surface area contributed by atoms with E-state index in [-0.39, 0.29) is 12.1 Å². The smallest absolute Gasteiger partial charge is 0.264 e. The largest absolute Gasteiger partial charge is 0.358 e. The zero-order valence-corrected chi connectivity index (χ0v) is 10.5. The van der Waals surface area contributed by atoms with Crippen LogP contribution in [-0.2, 0) is 6.54 Å². The zero-order valence-electron chi connectivity index (χ0n) is 10.5. The standard InChI is InChI=1S/C14H14N4O/c1-8-13(10-4-2-3-5-11(10)16-8)14-9(7-15)6-12(19)17-18-14/h2-6,16H,7,15H2,1H3,(H,17,19). The van der Waals surface area contributed by atoms with E-state index in [4.69, 9.17) is 5.73 Å². The van der Waals surface area contributed by atoms with Crippen LogP contribution in [0, 0.1) is 6.92 Å². The van der Waals surface area contributed by atoms with Gasteiger partial charge >= 0.3 is 0 Å². The summed E-state index contributed by atoms with van der Waals surface area (Å²) < 4.78 is 0. The quantitative estimate of drug-likeness (QED) is 0.650. The number of nitrogens with one attached hydrogen (secondary N) is 2. The maximum Gasteiger partial charge on any atom is 0.264 e. The molecule has 0 aliphatic carbocycles. The Morgan fingerprint density at radius 1 is 1.32 bits per heavy atom. The van der Waals surface area contributed by atoms with E-state index < -0.39 is 0 Å². The maximum absolute atomic E-state index is 11.3. The fourth-order valence-electron chi connectivity index (χ4n) is 2.40. The Balaban J connectivity index is 2.36. The van der Waals surface area contributed by atoms with Crippen molar-refractivity contribution in [3.8, 4) is 11.3 Å². The number of aromatic nitrogens is 3. The van der Waals surface area contributed by atoms with E-state index in [2.05, 4.69) is 15.2 Å². The highest BCUT2D eigenvalue weighted by Gasteiger charge is 2.15. The third-order valence-electron chi connectivity index (χ3n) is 3.24. The number of hydrogen-bond donors (Lipinski definition) is 3. The van der Waals surface area contributed by atoms with Crippen molar-refractivity contribution in [2.45, 2.75) is 13.5 Å². The molecule has 0 aliphatic rings. The van der Waals surface area contributed by atoms with Crippen LogP contribution in [0.3, 0.4) is 0 Å². The van der Waals surface area contributed by atoms with Gasteiger partial charge in [0.2, 0.25) is 0 Å². The third-order valence-corrected chi connectivity index (χ3v) is 3.24. The predicted molar refractivity (Wildman–Crippen MR) is 74.8 cm³/mol. The van der Waals surface area contributed by atoms with Crippen LogP contribution in [0.5, 0.6) is 0 Å². The van der Waals surface area contributed by atoms with Crippen molar-refractivity contribution in [1.29, 1.82) is 0 Å². The molecule has 0 aliphatic heterocycles. The lowest BCUT2D eigenvalue weighted by Crippen LogP contribution is -2.12. The minimum atomic E-state index is -0.235. The second kappa shape index (κ2) is 4.37. The topological polar surface area (TPSA) is 87.6 Å². The molecule has 4 N–H and O–H groups in total. The number of hydrogen-bond acceptors (Lipinski definition) is 3. The highest BCUT2D eigenvalue weighted by atomic mass is 16.1. The van der Waals surface area contributed by atoms with Crippen LogP contribution in [0.4, 0.5) is 0 Å². The first-order valence-electron chi connectivity index (χ1n) is 6.07. The van der Waals surface area contributed by atoms with E-state index in [0.717, 1.165) is 33.4 Å². The average Bonchev–Trinajstić information content (AvgIpc) is 2.74. The summed E-state index contributed by atoms with van der Waals surface area (Å²) in [5.41, 5.74) is 10.0. The molecule has 0 amide bonds. The molecule has 5 nitrogen and oxygen atoms in total. The molecule has 0 bridgehead atoms. The molecule has 3 aromatic rings. The number of para-hydroxylation sites is 1. The van der Waals surface area contributed by atoms with Crippen molar-refractivity contribution >= 4 is 10.9 Å². The van der Waals surface area contributed by atoms with Gasteiger partial charge in [-0.25, -0.2) is 5.10 Å². The van der Waals surface area contributed by atoms with E-state index in [1.54, 1.807) is 0 Å². The Kier molecular flexibility index (Phi) is 2.68. The minimum Gasteiger partial charge on any atom is -0.358 e. The molecule has 0 saturated heterocycles. The number of fused-ring (bicyclic) bond motifs is 1. The summed E-state index contributed by atoms with van der Waals surface area (Å²) in [5.74, 6) is 0. The zero-order chi connectivity index (χ0) is 13.4. The van der Waals surface area contributed by atoms with Crippen molar-refractivity contribution in [3.63, 3.8) is 0 Å². The highest BCUT2D eigenvalue weighted by molar-refractivity contribution is 5.97. The van der Waals surface area contributed by atoms with Gasteiger partial charge in [-0.15, -0.1) is 0 Å². The lowest BCUT2D eigenvalue weighted by Gasteiger charge is -2.05. The monoisotopic (exact) mass is 254 g/mol. The van der Waals surface area contributed by atoms with Crippen LogP contribution in [0.15, 0.2) is 35.1 Å². The second-order valence-corrected chi connectivity index (χ2v) is 4.48. The van der Waals surface area contributed by atoms with Crippen molar-refractivity contribution in [2.75, 3.05) is 0 Å². The van der Waals surface area contributed by atoms with Crippen LogP contribution in [-0.4, -0.2) is 15.2 Å². The first kappa shape index (κ1) is 11.7. The first-order chi connectivity index (χ1) is 9.20. The Bertz CT molecular complexity index is 801. The molecule has 0 saturated carbocycles. The van der Waals surface area contributed by atoms with Crippen LogP contribution >= 0.6 is 0 Å². The Morgan fingerprint density at radius 2 is 2.11 bits per heavy atom. The number of nitrogens with zero attached hydrogens (tertiary/aromatic N) is 1. The molecule has 0 radical (unpaired) electrons. The van der Waals surface area contributed by atoms with Gasteiger partial charge in [0.15, 0.2) is 0 Å². The van der Waals surface area contributed by atoms with Crippen molar-refractivity contribution in [3.05, 3.63) is 51.9 Å². The molecule has 5 heteroatoms. The molecule has 2 heterocycles. The van der Waals surface area contributed by atoms with Crippen molar-refractivity contribution < 1.29 is 0 Å². The Hall–Kier alpha value is -2.40. The number of rotatable bonds is 2. The van der Waals surface area contributed by atoms with Crippen molar-refractivity contribution in [2.24, 2.45) is 5.73 Å². The normalized spacial score (nSPS) is 11.1. The van der Waals surface area contributed by atoms with E-state index in [1.807, 2.05) is 31.2 Å². The van der Waals surface area contributed by atoms with Gasteiger partial charge < -0.3 is 10.7 Å². The third kappa shape index (κ3) is 1.84. The summed E-state index contributed by atoms with van der Waals surface area (Å²) in [5, 5.41) is 7.72. The van der Waals surface area contributed by atoms with E-state index in [1.165, 1.54) is 6.07 Å². The molecule has 19 heavy (non-hydrogen) atoms. The van der Waals surface area contributed by atoms with Crippen LogP contribution < -0.4 is 11.3 Å². The molecular weight excluding hydrogens is 240 g/mol. The SMILES string of the molecule is Cc1[nH]c2ccccc2c1-c1n[nH]c(=O)cc1CN. The van der Waals surface area contributed by atoms with Gasteiger partial charge in [0.05, 0.1) is 5.69 Å². The van der Waals surface area contributed by atoms with Gasteiger partial charge in [-0.2, -0.15) is 5.10 Å². The summed E-state index contributed by atoms with van der Waals surface area (Å²) in [7, 11) is 0. The molecule has 3 rings (SSSR count). The average molecular weight is 254 g/mol. The second-order valence-electron chi connectivity index (χ2n) is 4.48. The van der Waals surface area contributed by atoms with Gasteiger partial charge in [-0.3, -0.25) is 4.79 Å². The van der Waals surface area contributed by atoms with Gasteiger partial charge in [-0.05, 0) is 18.6 Å². The number of benzene rings is 1. The van der Waals surface area contributed by atoms with Crippen molar-refractivity contribution in [1.82, 2.24) is 15.2 Å². The number of nitrogens with two attached hydrogens (primary N) is 1. The molecule has 2 aromatic heterocycles. The number of aryl methyl sites for hydroxylation is 1. The molecule has 0 spiro atoms. The molecule has 96 valence electrons. The van der Waals surface area contributed by atoms with E-state index in [9.17, 15) is 4.79 Å². The maximum atomic E-state index is 11.3. The summed E-state index contributed by atoms with van der Waals surface area (Å²) in [6.07, 6.45) is 0. The Labute approximate surface area is 109 Å². The van der Waals surface area contributed by atoms with Gasteiger partial charge in [0.25, 0.3) is 5.56 Å². The van der Waals surface area contributed by atoms with E-state index >= 15 is 0 Å². The first-order valence-corrected chi connectivity index (χ1v) is 6.07. The molecule has 0 atom stereocenters. The van der Waals surface area contributed by atoms with Crippen LogP contribution in [0.25, 0.3) is 22.2 Å². The Morgan fingerprint density at radius 3 is 2.89 bits per heavy atom. The number of aromatic amines is 2.